The summed E-state index contributed by atoms with van der Waals surface area (Å²) in [6.07, 6.45) is 1.10. The van der Waals surface area contributed by atoms with Crippen LogP contribution in [0.15, 0.2) is 23.4 Å². The first-order valence-electron chi connectivity index (χ1n) is 6.40. The highest BCUT2D eigenvalue weighted by atomic mass is 16.5. The van der Waals surface area contributed by atoms with Gasteiger partial charge in [-0.05, 0) is 18.1 Å². The summed E-state index contributed by atoms with van der Waals surface area (Å²) in [5.74, 6) is 1.42. The maximum Gasteiger partial charge on any atom is 0.172 e. The van der Waals surface area contributed by atoms with Crippen molar-refractivity contribution in [1.82, 2.24) is 0 Å². The molecule has 0 saturated heterocycles. The molecule has 1 atom stereocenters. The monoisotopic (exact) mass is 265 g/mol. The van der Waals surface area contributed by atoms with E-state index in [-0.39, 0.29) is 5.84 Å². The standard InChI is InChI=1S/C14H23N3O2/c1-5-10(2)9-17(3)13-8-11(19-4)6-7-12(13)14(15)16-18/h6-8,10,18H,5,9H2,1-4H3,(H2,15,16). The zero-order valence-corrected chi connectivity index (χ0v) is 12.1. The van der Waals surface area contributed by atoms with E-state index in [2.05, 4.69) is 23.9 Å². The summed E-state index contributed by atoms with van der Waals surface area (Å²) >= 11 is 0. The molecule has 0 aromatic heterocycles. The zero-order valence-electron chi connectivity index (χ0n) is 12.1. The average molecular weight is 265 g/mol. The predicted molar refractivity (Wildman–Crippen MR) is 78.2 cm³/mol. The third kappa shape index (κ3) is 3.77. The fraction of sp³-hybridized carbons (Fsp3) is 0.500. The van der Waals surface area contributed by atoms with Crippen molar-refractivity contribution in [3.8, 4) is 5.75 Å². The number of benzene rings is 1. The highest BCUT2D eigenvalue weighted by Crippen LogP contribution is 2.26. The molecule has 0 spiro atoms. The van der Waals surface area contributed by atoms with Crippen molar-refractivity contribution >= 4 is 11.5 Å². The molecule has 0 fully saturated rings. The van der Waals surface area contributed by atoms with Crippen LogP contribution in [0.25, 0.3) is 0 Å². The van der Waals surface area contributed by atoms with Gasteiger partial charge in [-0.3, -0.25) is 0 Å². The average Bonchev–Trinajstić information content (AvgIpc) is 2.45. The lowest BCUT2D eigenvalue weighted by molar-refractivity contribution is 0.318. The Hall–Kier alpha value is -1.91. The van der Waals surface area contributed by atoms with Crippen molar-refractivity contribution in [2.24, 2.45) is 16.8 Å². The second-order valence-corrected chi connectivity index (χ2v) is 4.76. The number of amidine groups is 1. The van der Waals surface area contributed by atoms with Crippen LogP contribution in [0, 0.1) is 5.92 Å². The van der Waals surface area contributed by atoms with E-state index in [0.29, 0.717) is 11.5 Å². The molecule has 5 heteroatoms. The van der Waals surface area contributed by atoms with E-state index in [1.165, 1.54) is 0 Å². The molecule has 1 aromatic rings. The molecule has 1 unspecified atom stereocenters. The van der Waals surface area contributed by atoms with Crippen molar-refractivity contribution in [3.63, 3.8) is 0 Å². The van der Waals surface area contributed by atoms with Crippen molar-refractivity contribution in [1.29, 1.82) is 0 Å². The van der Waals surface area contributed by atoms with Gasteiger partial charge >= 0.3 is 0 Å². The van der Waals surface area contributed by atoms with Gasteiger partial charge in [-0.2, -0.15) is 0 Å². The maximum atomic E-state index is 8.86. The first-order valence-corrected chi connectivity index (χ1v) is 6.40. The number of oxime groups is 1. The molecule has 0 aliphatic carbocycles. The topological polar surface area (TPSA) is 71.1 Å². The number of hydrogen-bond donors (Lipinski definition) is 2. The van der Waals surface area contributed by atoms with Gasteiger partial charge in [-0.1, -0.05) is 25.4 Å². The quantitative estimate of drug-likeness (QED) is 0.358. The summed E-state index contributed by atoms with van der Waals surface area (Å²) < 4.78 is 5.23. The molecule has 1 aromatic carbocycles. The fourth-order valence-electron chi connectivity index (χ4n) is 1.92. The van der Waals surface area contributed by atoms with Gasteiger partial charge < -0.3 is 20.6 Å². The van der Waals surface area contributed by atoms with Crippen LogP contribution in [-0.2, 0) is 0 Å². The van der Waals surface area contributed by atoms with Gasteiger partial charge in [0.25, 0.3) is 0 Å². The van der Waals surface area contributed by atoms with Crippen LogP contribution in [0.3, 0.4) is 0 Å². The molecule has 5 nitrogen and oxygen atoms in total. The van der Waals surface area contributed by atoms with Crippen LogP contribution >= 0.6 is 0 Å². The predicted octanol–water partition coefficient (Wildman–Crippen LogP) is 2.27. The molecule has 0 heterocycles. The minimum absolute atomic E-state index is 0.105. The summed E-state index contributed by atoms with van der Waals surface area (Å²) in [5, 5.41) is 11.9. The van der Waals surface area contributed by atoms with Crippen molar-refractivity contribution in [3.05, 3.63) is 23.8 Å². The van der Waals surface area contributed by atoms with Crippen LogP contribution in [0.5, 0.6) is 5.75 Å². The molecule has 106 valence electrons. The molecule has 0 amide bonds. The van der Waals surface area contributed by atoms with E-state index in [0.717, 1.165) is 24.4 Å². The molecular weight excluding hydrogens is 242 g/mol. The highest BCUT2D eigenvalue weighted by Gasteiger charge is 2.14. The number of hydrogen-bond acceptors (Lipinski definition) is 4. The number of anilines is 1. The van der Waals surface area contributed by atoms with Gasteiger partial charge in [0.15, 0.2) is 5.84 Å². The first kappa shape index (κ1) is 15.1. The number of rotatable bonds is 6. The Bertz CT molecular complexity index is 446. The Balaban J connectivity index is 3.13. The lowest BCUT2D eigenvalue weighted by Gasteiger charge is -2.25. The smallest absolute Gasteiger partial charge is 0.172 e. The highest BCUT2D eigenvalue weighted by molar-refractivity contribution is 6.02. The second kappa shape index (κ2) is 6.87. The van der Waals surface area contributed by atoms with Gasteiger partial charge in [0.1, 0.15) is 5.75 Å². The number of nitrogens with zero attached hydrogens (tertiary/aromatic N) is 2. The van der Waals surface area contributed by atoms with Crippen molar-refractivity contribution in [2.45, 2.75) is 20.3 Å². The molecule has 0 radical (unpaired) electrons. The van der Waals surface area contributed by atoms with Crippen molar-refractivity contribution < 1.29 is 9.94 Å². The SMILES string of the molecule is CCC(C)CN(C)c1cc(OC)ccc1/C(N)=N/O. The number of nitrogens with two attached hydrogens (primary N) is 1. The van der Waals surface area contributed by atoms with E-state index < -0.39 is 0 Å². The Morgan fingerprint density at radius 3 is 2.74 bits per heavy atom. The third-order valence-corrected chi connectivity index (χ3v) is 3.28. The molecule has 0 aliphatic rings. The van der Waals surface area contributed by atoms with E-state index in [1.54, 1.807) is 19.2 Å². The van der Waals surface area contributed by atoms with Crippen LogP contribution in [0.2, 0.25) is 0 Å². The molecular formula is C14H23N3O2. The van der Waals surface area contributed by atoms with Crippen LogP contribution in [0.1, 0.15) is 25.8 Å². The first-order chi connectivity index (χ1) is 9.03. The normalized spacial score (nSPS) is 13.2. The summed E-state index contributed by atoms with van der Waals surface area (Å²) in [6, 6.07) is 5.50. The Labute approximate surface area is 114 Å². The van der Waals surface area contributed by atoms with E-state index >= 15 is 0 Å². The summed E-state index contributed by atoms with van der Waals surface area (Å²) in [6.45, 7) is 5.25. The molecule has 19 heavy (non-hydrogen) atoms. The number of methoxy groups -OCH3 is 1. The van der Waals surface area contributed by atoms with Gasteiger partial charge in [-0.25, -0.2) is 0 Å². The zero-order chi connectivity index (χ0) is 14.4. The Morgan fingerprint density at radius 1 is 1.53 bits per heavy atom. The van der Waals surface area contributed by atoms with E-state index in [4.69, 9.17) is 15.7 Å². The summed E-state index contributed by atoms with van der Waals surface area (Å²) in [7, 11) is 3.62. The Kier molecular flexibility index (Phi) is 5.48. The van der Waals surface area contributed by atoms with E-state index in [1.807, 2.05) is 13.1 Å². The van der Waals surface area contributed by atoms with Gasteiger partial charge in [-0.15, -0.1) is 0 Å². The largest absolute Gasteiger partial charge is 0.497 e. The summed E-state index contributed by atoms with van der Waals surface area (Å²) in [4.78, 5) is 2.10. The van der Waals surface area contributed by atoms with Crippen LogP contribution in [-0.4, -0.2) is 31.7 Å². The van der Waals surface area contributed by atoms with E-state index in [9.17, 15) is 0 Å². The van der Waals surface area contributed by atoms with Crippen LogP contribution in [0.4, 0.5) is 5.69 Å². The van der Waals surface area contributed by atoms with Gasteiger partial charge in [0.05, 0.1) is 12.8 Å². The third-order valence-electron chi connectivity index (χ3n) is 3.28. The second-order valence-electron chi connectivity index (χ2n) is 4.76. The summed E-state index contributed by atoms with van der Waals surface area (Å²) in [5.41, 5.74) is 7.32. The lowest BCUT2D eigenvalue weighted by Crippen LogP contribution is -2.27. The number of ether oxygens (including phenoxy) is 1. The minimum Gasteiger partial charge on any atom is -0.497 e. The molecule has 0 bridgehead atoms. The van der Waals surface area contributed by atoms with Crippen LogP contribution < -0.4 is 15.4 Å². The Morgan fingerprint density at radius 2 is 2.21 bits per heavy atom. The molecule has 0 aliphatic heterocycles. The molecule has 0 saturated carbocycles. The minimum atomic E-state index is 0.105. The molecule has 3 N–H and O–H groups in total. The van der Waals surface area contributed by atoms with Gasteiger partial charge in [0.2, 0.25) is 0 Å². The maximum absolute atomic E-state index is 8.86. The fourth-order valence-corrected chi connectivity index (χ4v) is 1.92. The van der Waals surface area contributed by atoms with Crippen molar-refractivity contribution in [2.75, 3.05) is 25.6 Å². The molecule has 1 rings (SSSR count). The lowest BCUT2D eigenvalue weighted by atomic mass is 10.1. The van der Waals surface area contributed by atoms with Gasteiger partial charge in [0, 0.05) is 25.2 Å².